The molecule has 1 atom stereocenters. The molecule has 0 spiro atoms. The fraction of sp³-hybridized carbons (Fsp3) is 0.455. The minimum absolute atomic E-state index is 0.0535. The van der Waals surface area contributed by atoms with Crippen molar-refractivity contribution in [1.82, 2.24) is 0 Å². The van der Waals surface area contributed by atoms with E-state index in [1.807, 2.05) is 0 Å². The van der Waals surface area contributed by atoms with Crippen LogP contribution in [0.1, 0.15) is 13.8 Å². The second kappa shape index (κ2) is 5.81. The summed E-state index contributed by atoms with van der Waals surface area (Å²) in [7, 11) is -6.72. The molecule has 0 aliphatic carbocycles. The lowest BCUT2D eigenvalue weighted by Crippen LogP contribution is -2.42. The Morgan fingerprint density at radius 2 is 1.78 bits per heavy atom. The zero-order chi connectivity index (χ0) is 13.8. The summed E-state index contributed by atoms with van der Waals surface area (Å²) in [6, 6.07) is 7.69. The fourth-order valence-electron chi connectivity index (χ4n) is 1.60. The number of hydrogen-bond acceptors (Lipinski definition) is 5. The Morgan fingerprint density at radius 1 is 1.22 bits per heavy atom. The Hall–Kier alpha value is -0.920. The molecule has 1 aromatic rings. The molecule has 0 heterocycles. The third-order valence-electron chi connectivity index (χ3n) is 2.49. The molecular formula is C11H16O5S2. The maximum Gasteiger partial charge on any atom is 0.208 e. The molecule has 1 unspecified atom stereocenters. The topological polar surface area (TPSA) is 77.5 Å². The summed E-state index contributed by atoms with van der Waals surface area (Å²) in [5.74, 6) is -0.562. The number of rotatable bonds is 6. The van der Waals surface area contributed by atoms with Crippen LogP contribution in [0.25, 0.3) is 0 Å². The van der Waals surface area contributed by atoms with Gasteiger partial charge < -0.3 is 4.74 Å². The molecule has 7 heteroatoms. The van der Waals surface area contributed by atoms with E-state index < -0.39 is 31.2 Å². The minimum Gasteiger partial charge on any atom is -0.358 e. The van der Waals surface area contributed by atoms with Crippen LogP contribution in [0.2, 0.25) is 0 Å². The highest BCUT2D eigenvalue weighted by Crippen LogP contribution is 2.27. The highest BCUT2D eigenvalue weighted by Gasteiger charge is 2.42. The monoisotopic (exact) mass is 292 g/mol. The zero-order valence-corrected chi connectivity index (χ0v) is 11.9. The average molecular weight is 292 g/mol. The standard InChI is InChI=1S/C11H16O5S2/c1-3-16-11(2,9-17(12)13)18(14,15)10-7-5-4-6-8-10/h4-8,17H,3,9H2,1-2H3. The molecule has 0 saturated heterocycles. The van der Waals surface area contributed by atoms with Gasteiger partial charge in [0.2, 0.25) is 9.84 Å². The summed E-state index contributed by atoms with van der Waals surface area (Å²) in [5, 5.41) is 0. The third kappa shape index (κ3) is 3.09. The van der Waals surface area contributed by atoms with Gasteiger partial charge in [-0.2, -0.15) is 0 Å². The maximum atomic E-state index is 12.4. The van der Waals surface area contributed by atoms with Crippen LogP contribution >= 0.6 is 0 Å². The van der Waals surface area contributed by atoms with Crippen molar-refractivity contribution in [3.63, 3.8) is 0 Å². The lowest BCUT2D eigenvalue weighted by Gasteiger charge is -2.27. The number of sulfone groups is 1. The van der Waals surface area contributed by atoms with Crippen LogP contribution < -0.4 is 0 Å². The maximum absolute atomic E-state index is 12.4. The molecule has 0 aliphatic rings. The smallest absolute Gasteiger partial charge is 0.208 e. The predicted molar refractivity (Wildman–Crippen MR) is 68.8 cm³/mol. The van der Waals surface area contributed by atoms with Gasteiger partial charge in [-0.1, -0.05) is 18.2 Å². The first-order valence-electron chi connectivity index (χ1n) is 5.39. The van der Waals surface area contributed by atoms with Crippen molar-refractivity contribution in [3.8, 4) is 0 Å². The molecule has 0 aliphatic heterocycles. The first-order chi connectivity index (χ1) is 8.33. The van der Waals surface area contributed by atoms with Gasteiger partial charge in [0.15, 0.2) is 4.93 Å². The molecule has 18 heavy (non-hydrogen) atoms. The van der Waals surface area contributed by atoms with E-state index in [0.29, 0.717) is 0 Å². The van der Waals surface area contributed by atoms with Gasteiger partial charge in [0, 0.05) is 6.61 Å². The van der Waals surface area contributed by atoms with Crippen LogP contribution in [0.5, 0.6) is 0 Å². The van der Waals surface area contributed by atoms with E-state index in [4.69, 9.17) is 4.74 Å². The SMILES string of the molecule is CCOC(C)(C[SH](=O)=O)S(=O)(=O)c1ccccc1. The Bertz CT molecular complexity index is 554. The number of benzene rings is 1. The summed E-state index contributed by atoms with van der Waals surface area (Å²) in [5.41, 5.74) is 0. The normalized spacial score (nSPS) is 15.5. The van der Waals surface area contributed by atoms with Crippen LogP contribution in [-0.4, -0.2) is 34.1 Å². The molecule has 0 saturated carbocycles. The molecule has 0 radical (unpaired) electrons. The lowest BCUT2D eigenvalue weighted by atomic mass is 10.4. The van der Waals surface area contributed by atoms with E-state index in [-0.39, 0.29) is 11.5 Å². The molecule has 0 N–H and O–H groups in total. The van der Waals surface area contributed by atoms with Gasteiger partial charge in [-0.05, 0) is 26.0 Å². The van der Waals surface area contributed by atoms with Gasteiger partial charge in [0.25, 0.3) is 0 Å². The van der Waals surface area contributed by atoms with Crippen molar-refractivity contribution >= 4 is 20.5 Å². The van der Waals surface area contributed by atoms with Crippen molar-refractivity contribution in [2.24, 2.45) is 0 Å². The van der Waals surface area contributed by atoms with E-state index in [9.17, 15) is 16.8 Å². The Kier molecular flexibility index (Phi) is 4.89. The minimum atomic E-state index is -3.86. The molecule has 0 amide bonds. The van der Waals surface area contributed by atoms with Crippen LogP contribution in [-0.2, 0) is 25.3 Å². The Morgan fingerprint density at radius 3 is 2.22 bits per heavy atom. The lowest BCUT2D eigenvalue weighted by molar-refractivity contribution is 0.0566. The summed E-state index contributed by atoms with van der Waals surface area (Å²) < 4.78 is 51.7. The van der Waals surface area contributed by atoms with Crippen LogP contribution in [0.3, 0.4) is 0 Å². The quantitative estimate of drug-likeness (QED) is 0.786. The highest BCUT2D eigenvalue weighted by molar-refractivity contribution is 7.93. The first kappa shape index (κ1) is 15.1. The third-order valence-corrected chi connectivity index (χ3v) is 5.86. The number of hydrogen-bond donors (Lipinski definition) is 1. The van der Waals surface area contributed by atoms with Gasteiger partial charge in [0.05, 0.1) is 10.6 Å². The second-order valence-corrected chi connectivity index (χ2v) is 7.20. The van der Waals surface area contributed by atoms with E-state index in [0.717, 1.165) is 0 Å². The molecule has 0 aromatic heterocycles. The Labute approximate surface area is 109 Å². The van der Waals surface area contributed by atoms with Crippen molar-refractivity contribution in [2.45, 2.75) is 23.7 Å². The summed E-state index contributed by atoms with van der Waals surface area (Å²) in [6.07, 6.45) is 0. The van der Waals surface area contributed by atoms with Crippen LogP contribution in [0, 0.1) is 0 Å². The zero-order valence-electron chi connectivity index (χ0n) is 10.2. The average Bonchev–Trinajstić information content (AvgIpc) is 2.29. The summed E-state index contributed by atoms with van der Waals surface area (Å²) in [6.45, 7) is 3.02. The second-order valence-electron chi connectivity index (χ2n) is 3.87. The highest BCUT2D eigenvalue weighted by atomic mass is 32.2. The van der Waals surface area contributed by atoms with Crippen molar-refractivity contribution in [3.05, 3.63) is 30.3 Å². The molecular weight excluding hydrogens is 276 g/mol. The van der Waals surface area contributed by atoms with E-state index in [1.54, 1.807) is 25.1 Å². The van der Waals surface area contributed by atoms with Gasteiger partial charge in [0.1, 0.15) is 10.7 Å². The number of thiol groups is 1. The van der Waals surface area contributed by atoms with E-state index >= 15 is 0 Å². The largest absolute Gasteiger partial charge is 0.358 e. The summed E-state index contributed by atoms with van der Waals surface area (Å²) >= 11 is 0. The summed E-state index contributed by atoms with van der Waals surface area (Å²) in [4.78, 5) is -1.70. The molecule has 1 rings (SSSR count). The van der Waals surface area contributed by atoms with Gasteiger partial charge >= 0.3 is 0 Å². The van der Waals surface area contributed by atoms with Gasteiger partial charge in [-0.25, -0.2) is 16.8 Å². The molecule has 0 bridgehead atoms. The van der Waals surface area contributed by atoms with Crippen molar-refractivity contribution in [1.29, 1.82) is 0 Å². The predicted octanol–water partition coefficient (Wildman–Crippen LogP) is 0.824. The first-order valence-corrected chi connectivity index (χ1v) is 8.23. The Balaban J connectivity index is 3.29. The molecule has 5 nitrogen and oxygen atoms in total. The van der Waals surface area contributed by atoms with Crippen LogP contribution in [0.4, 0.5) is 0 Å². The van der Waals surface area contributed by atoms with Crippen molar-refractivity contribution in [2.75, 3.05) is 12.4 Å². The fourth-order valence-corrected chi connectivity index (χ4v) is 4.44. The molecule has 102 valence electrons. The van der Waals surface area contributed by atoms with Gasteiger partial charge in [-0.3, -0.25) is 0 Å². The number of ether oxygens (including phenoxy) is 1. The van der Waals surface area contributed by atoms with Crippen LogP contribution in [0.15, 0.2) is 35.2 Å². The van der Waals surface area contributed by atoms with E-state index in [2.05, 4.69) is 0 Å². The van der Waals surface area contributed by atoms with Gasteiger partial charge in [-0.15, -0.1) is 0 Å². The molecule has 1 aromatic carbocycles. The van der Waals surface area contributed by atoms with Crippen molar-refractivity contribution < 1.29 is 21.6 Å². The molecule has 0 fully saturated rings. The van der Waals surface area contributed by atoms with E-state index in [1.165, 1.54) is 19.1 Å².